The number of rotatable bonds is 4. The highest BCUT2D eigenvalue weighted by molar-refractivity contribution is 5.84. The number of hydrogen-bond acceptors (Lipinski definition) is 4. The lowest BCUT2D eigenvalue weighted by atomic mass is 9.98. The fourth-order valence-corrected chi connectivity index (χ4v) is 3.66. The molecule has 3 heterocycles. The summed E-state index contributed by atoms with van der Waals surface area (Å²) in [5, 5.41) is 4.27. The number of nitrogens with zero attached hydrogens (tertiary/aromatic N) is 3. The third-order valence-electron chi connectivity index (χ3n) is 5.05. The van der Waals surface area contributed by atoms with Crippen LogP contribution in [0.1, 0.15) is 31.2 Å². The Bertz CT molecular complexity index is 744. The molecule has 0 radical (unpaired) electrons. The van der Waals surface area contributed by atoms with Crippen molar-refractivity contribution >= 4 is 5.91 Å². The van der Waals surface area contributed by atoms with Gasteiger partial charge in [-0.3, -0.25) is 9.48 Å². The molecule has 1 saturated heterocycles. The molecule has 1 aromatic carbocycles. The van der Waals surface area contributed by atoms with Crippen LogP contribution in [0.3, 0.4) is 0 Å². The number of likely N-dealkylation sites (tertiary alicyclic amines) is 1. The summed E-state index contributed by atoms with van der Waals surface area (Å²) in [6.07, 6.45) is 5.80. The van der Waals surface area contributed by atoms with E-state index in [2.05, 4.69) is 5.10 Å². The Labute approximate surface area is 147 Å². The number of carbonyl (C=O) groups excluding carboxylic acids is 1. The second-order valence-electron chi connectivity index (χ2n) is 6.68. The first-order valence-corrected chi connectivity index (χ1v) is 8.90. The first-order chi connectivity index (χ1) is 12.2. The third kappa shape index (κ3) is 3.21. The number of hydrogen-bond donors (Lipinski definition) is 0. The first kappa shape index (κ1) is 16.0. The molecule has 2 aliphatic rings. The van der Waals surface area contributed by atoms with Crippen molar-refractivity contribution < 1.29 is 14.3 Å². The van der Waals surface area contributed by atoms with Crippen molar-refractivity contribution in [3.8, 4) is 11.5 Å². The number of carbonyl (C=O) groups is 1. The van der Waals surface area contributed by atoms with Crippen LogP contribution in [0.25, 0.3) is 0 Å². The van der Waals surface area contributed by atoms with E-state index in [1.807, 2.05) is 47.0 Å². The molecule has 1 amide bonds. The Balaban J connectivity index is 1.49. The molecule has 2 aromatic rings. The molecule has 0 unspecified atom stereocenters. The van der Waals surface area contributed by atoms with Crippen LogP contribution >= 0.6 is 0 Å². The standard InChI is InChI=1S/C19H23N3O3/c1-14(15-5-6-17-18(12-15)25-11-10-24-17)19(23)22-9-2-4-16(22)13-21-8-3-7-20-21/h3,5-8,12,14,16H,2,4,9-11,13H2,1H3/t14-,16+/m1/s1. The van der Waals surface area contributed by atoms with E-state index in [1.54, 1.807) is 6.20 Å². The maximum absolute atomic E-state index is 13.1. The molecule has 0 N–H and O–H groups in total. The summed E-state index contributed by atoms with van der Waals surface area (Å²) in [5.41, 5.74) is 0.971. The van der Waals surface area contributed by atoms with E-state index in [1.165, 1.54) is 0 Å². The minimum absolute atomic E-state index is 0.173. The van der Waals surface area contributed by atoms with Crippen LogP contribution in [0, 0.1) is 0 Å². The second kappa shape index (κ2) is 6.78. The SMILES string of the molecule is C[C@@H](C(=O)N1CCC[C@H]1Cn1cccn1)c1ccc2c(c1)OCCO2. The molecule has 0 spiro atoms. The third-order valence-corrected chi connectivity index (χ3v) is 5.05. The van der Waals surface area contributed by atoms with Crippen molar-refractivity contribution in [2.45, 2.75) is 38.3 Å². The molecule has 2 atom stereocenters. The van der Waals surface area contributed by atoms with Crippen molar-refractivity contribution in [3.05, 3.63) is 42.2 Å². The molecule has 0 bridgehead atoms. The molecule has 132 valence electrons. The normalized spacial score (nSPS) is 20.5. The maximum atomic E-state index is 13.1. The van der Waals surface area contributed by atoms with Gasteiger partial charge in [0.25, 0.3) is 0 Å². The highest BCUT2D eigenvalue weighted by Crippen LogP contribution is 2.34. The molecule has 4 rings (SSSR count). The molecule has 25 heavy (non-hydrogen) atoms. The van der Waals surface area contributed by atoms with Crippen LogP contribution in [0.4, 0.5) is 0 Å². The summed E-state index contributed by atoms with van der Waals surface area (Å²) >= 11 is 0. The van der Waals surface area contributed by atoms with E-state index >= 15 is 0 Å². The van der Waals surface area contributed by atoms with Crippen molar-refractivity contribution in [2.75, 3.05) is 19.8 Å². The zero-order valence-corrected chi connectivity index (χ0v) is 14.4. The van der Waals surface area contributed by atoms with Gasteiger partial charge >= 0.3 is 0 Å². The largest absolute Gasteiger partial charge is 0.486 e. The van der Waals surface area contributed by atoms with Crippen LogP contribution < -0.4 is 9.47 Å². The highest BCUT2D eigenvalue weighted by atomic mass is 16.6. The van der Waals surface area contributed by atoms with E-state index in [0.717, 1.165) is 43.0 Å². The quantitative estimate of drug-likeness (QED) is 0.857. The van der Waals surface area contributed by atoms with Gasteiger partial charge in [-0.1, -0.05) is 6.07 Å². The van der Waals surface area contributed by atoms with Gasteiger partial charge in [0, 0.05) is 18.9 Å². The first-order valence-electron chi connectivity index (χ1n) is 8.90. The lowest BCUT2D eigenvalue weighted by Crippen LogP contribution is -2.40. The van der Waals surface area contributed by atoms with Gasteiger partial charge in [-0.25, -0.2) is 0 Å². The topological polar surface area (TPSA) is 56.6 Å². The van der Waals surface area contributed by atoms with Crippen LogP contribution in [-0.2, 0) is 11.3 Å². The number of ether oxygens (including phenoxy) is 2. The summed E-state index contributed by atoms with van der Waals surface area (Å²) in [6.45, 7) is 4.67. The summed E-state index contributed by atoms with van der Waals surface area (Å²) in [5.74, 6) is 1.46. The average Bonchev–Trinajstić information content (AvgIpc) is 3.32. The number of amides is 1. The molecule has 2 aliphatic heterocycles. The molecule has 0 aliphatic carbocycles. The van der Waals surface area contributed by atoms with E-state index in [-0.39, 0.29) is 17.9 Å². The van der Waals surface area contributed by atoms with Crippen molar-refractivity contribution in [2.24, 2.45) is 0 Å². The zero-order valence-electron chi connectivity index (χ0n) is 14.4. The minimum Gasteiger partial charge on any atom is -0.486 e. The van der Waals surface area contributed by atoms with Gasteiger partial charge in [-0.15, -0.1) is 0 Å². The minimum atomic E-state index is -0.200. The van der Waals surface area contributed by atoms with Gasteiger partial charge in [-0.2, -0.15) is 5.10 Å². The lowest BCUT2D eigenvalue weighted by Gasteiger charge is -2.28. The Kier molecular flexibility index (Phi) is 4.34. The smallest absolute Gasteiger partial charge is 0.230 e. The Hall–Kier alpha value is -2.50. The van der Waals surface area contributed by atoms with Gasteiger partial charge in [0.15, 0.2) is 11.5 Å². The molecule has 1 fully saturated rings. The molecule has 0 saturated carbocycles. The van der Waals surface area contributed by atoms with Crippen LogP contribution in [-0.4, -0.2) is 46.4 Å². The molecule has 1 aromatic heterocycles. The summed E-state index contributed by atoms with van der Waals surface area (Å²) in [6, 6.07) is 7.94. The highest BCUT2D eigenvalue weighted by Gasteiger charge is 2.32. The van der Waals surface area contributed by atoms with E-state index in [4.69, 9.17) is 9.47 Å². The van der Waals surface area contributed by atoms with Crippen molar-refractivity contribution in [1.29, 1.82) is 0 Å². The van der Waals surface area contributed by atoms with E-state index in [9.17, 15) is 4.79 Å². The number of fused-ring (bicyclic) bond motifs is 1. The number of aromatic nitrogens is 2. The fourth-order valence-electron chi connectivity index (χ4n) is 3.66. The summed E-state index contributed by atoms with van der Waals surface area (Å²) in [4.78, 5) is 15.1. The monoisotopic (exact) mass is 341 g/mol. The average molecular weight is 341 g/mol. The maximum Gasteiger partial charge on any atom is 0.230 e. The van der Waals surface area contributed by atoms with Crippen LogP contribution in [0.15, 0.2) is 36.7 Å². The molecule has 6 heteroatoms. The van der Waals surface area contributed by atoms with Gasteiger partial charge in [0.2, 0.25) is 5.91 Å². The van der Waals surface area contributed by atoms with E-state index < -0.39 is 0 Å². The molecular weight excluding hydrogens is 318 g/mol. The van der Waals surface area contributed by atoms with E-state index in [0.29, 0.717) is 13.2 Å². The summed E-state index contributed by atoms with van der Waals surface area (Å²) in [7, 11) is 0. The molecular formula is C19H23N3O3. The van der Waals surface area contributed by atoms with Crippen LogP contribution in [0.5, 0.6) is 11.5 Å². The number of benzene rings is 1. The predicted octanol–water partition coefficient (Wildman–Crippen LogP) is 2.45. The summed E-state index contributed by atoms with van der Waals surface area (Å²) < 4.78 is 13.1. The van der Waals surface area contributed by atoms with Gasteiger partial charge in [0.1, 0.15) is 13.2 Å². The van der Waals surface area contributed by atoms with Gasteiger partial charge in [0.05, 0.1) is 18.5 Å². The molecule has 6 nitrogen and oxygen atoms in total. The Morgan fingerprint density at radius 3 is 2.96 bits per heavy atom. The van der Waals surface area contributed by atoms with Gasteiger partial charge < -0.3 is 14.4 Å². The second-order valence-corrected chi connectivity index (χ2v) is 6.68. The zero-order chi connectivity index (χ0) is 17.2. The Morgan fingerprint density at radius 1 is 1.32 bits per heavy atom. The van der Waals surface area contributed by atoms with Crippen molar-refractivity contribution in [1.82, 2.24) is 14.7 Å². The fraction of sp³-hybridized carbons (Fsp3) is 0.474. The lowest BCUT2D eigenvalue weighted by molar-refractivity contribution is -0.133. The Morgan fingerprint density at radius 2 is 2.16 bits per heavy atom. The van der Waals surface area contributed by atoms with Crippen LogP contribution in [0.2, 0.25) is 0 Å². The van der Waals surface area contributed by atoms with Gasteiger partial charge in [-0.05, 0) is 43.5 Å². The van der Waals surface area contributed by atoms with Crippen molar-refractivity contribution in [3.63, 3.8) is 0 Å². The predicted molar refractivity (Wildman–Crippen MR) is 92.8 cm³/mol.